The number of aliphatic hydroxyl groups excluding tert-OH is 2. The molecule has 0 unspecified atom stereocenters. The molecule has 0 aliphatic carbocycles. The van der Waals surface area contributed by atoms with Gasteiger partial charge in [-0.15, -0.1) is 0 Å². The Labute approximate surface area is 279 Å². The Kier molecular flexibility index (Phi) is 10.1. The highest BCUT2D eigenvalue weighted by molar-refractivity contribution is 5.85. The molecule has 4 heterocycles. The van der Waals surface area contributed by atoms with Crippen LogP contribution in [0.3, 0.4) is 0 Å². The maximum Gasteiger partial charge on any atom is 0.290 e. The van der Waals surface area contributed by atoms with E-state index in [-0.39, 0.29) is 30.0 Å². The second-order valence-electron chi connectivity index (χ2n) is 11.0. The molecule has 3 aromatic heterocycles. The molecule has 4 atom stereocenters. The number of fused-ring (bicyclic) bond motifs is 1. The first-order valence-corrected chi connectivity index (χ1v) is 15.4. The van der Waals surface area contributed by atoms with Crippen molar-refractivity contribution in [1.29, 1.82) is 0 Å². The molecule has 7 rings (SSSR count). The smallest absolute Gasteiger partial charge is 0.290 e. The van der Waals surface area contributed by atoms with Crippen molar-refractivity contribution in [3.8, 4) is 0 Å². The Morgan fingerprint density at radius 2 is 1.59 bits per heavy atom. The number of hydrogen-bond donors (Lipinski definition) is 5. The molecular weight excluding hydrogens is 635 g/mol. The monoisotopic (exact) mass is 668 g/mol. The van der Waals surface area contributed by atoms with Crippen molar-refractivity contribution in [2.75, 3.05) is 17.2 Å². The van der Waals surface area contributed by atoms with Crippen LogP contribution in [0, 0.1) is 5.82 Å². The number of nitrogens with zero attached hydrogens (tertiary/aromatic N) is 6. The van der Waals surface area contributed by atoms with Gasteiger partial charge in [0.2, 0.25) is 5.95 Å². The van der Waals surface area contributed by atoms with Gasteiger partial charge in [-0.05, 0) is 35.4 Å². The molecule has 0 spiro atoms. The number of aryl methyl sites for hydroxylation is 1. The molecule has 14 nitrogen and oxygen atoms in total. The van der Waals surface area contributed by atoms with Crippen LogP contribution < -0.4 is 10.6 Å². The summed E-state index contributed by atoms with van der Waals surface area (Å²) in [5.41, 5.74) is 3.56. The zero-order valence-corrected chi connectivity index (χ0v) is 26.2. The van der Waals surface area contributed by atoms with Gasteiger partial charge in [-0.2, -0.15) is 15.0 Å². The van der Waals surface area contributed by atoms with Gasteiger partial charge in [0.05, 0.1) is 6.33 Å². The minimum atomic E-state index is -1.36. The summed E-state index contributed by atoms with van der Waals surface area (Å²) in [7, 11) is 0. The number of benzene rings is 3. The highest BCUT2D eigenvalue weighted by atomic mass is 19.1. The van der Waals surface area contributed by atoms with E-state index < -0.39 is 24.5 Å². The average molecular weight is 669 g/mol. The van der Waals surface area contributed by atoms with E-state index >= 15 is 0 Å². The first-order chi connectivity index (χ1) is 23.9. The molecule has 3 aromatic carbocycles. The van der Waals surface area contributed by atoms with Crippen LogP contribution in [-0.4, -0.2) is 70.2 Å². The largest absolute Gasteiger partial charge is 0.483 e. The number of carbonyl (C=O) groups is 1. The van der Waals surface area contributed by atoms with Crippen LogP contribution in [0.1, 0.15) is 48.0 Å². The maximum atomic E-state index is 13.6. The first kappa shape index (κ1) is 33.1. The summed E-state index contributed by atoms with van der Waals surface area (Å²) in [4.78, 5) is 26.7. The maximum absolute atomic E-state index is 13.6. The Balaban J connectivity index is 0.00000134. The molecule has 1 aliphatic heterocycles. The van der Waals surface area contributed by atoms with Crippen molar-refractivity contribution in [2.24, 2.45) is 0 Å². The highest BCUT2D eigenvalue weighted by Gasteiger charge is 2.47. The fraction of sp³-hybridized carbons (Fsp3) is 0.235. The van der Waals surface area contributed by atoms with Crippen LogP contribution in [-0.2, 0) is 16.0 Å². The number of aromatic nitrogens is 6. The van der Waals surface area contributed by atoms with Gasteiger partial charge in [0.1, 0.15) is 18.0 Å². The number of aliphatic hydroxyl groups is 2. The molecule has 49 heavy (non-hydrogen) atoms. The number of halogens is 1. The van der Waals surface area contributed by atoms with E-state index in [1.165, 1.54) is 23.0 Å². The van der Waals surface area contributed by atoms with Crippen LogP contribution in [0.5, 0.6) is 0 Å². The van der Waals surface area contributed by atoms with Crippen LogP contribution in [0.2, 0.25) is 0 Å². The summed E-state index contributed by atoms with van der Waals surface area (Å²) < 4.78 is 26.6. The van der Waals surface area contributed by atoms with Crippen molar-refractivity contribution in [3.63, 3.8) is 0 Å². The van der Waals surface area contributed by atoms with E-state index in [9.17, 15) is 14.6 Å². The Bertz CT molecular complexity index is 1940. The Morgan fingerprint density at radius 1 is 0.939 bits per heavy atom. The van der Waals surface area contributed by atoms with E-state index in [0.717, 1.165) is 11.1 Å². The second-order valence-corrected chi connectivity index (χ2v) is 11.0. The topological polar surface area (TPSA) is 194 Å². The minimum absolute atomic E-state index is 0.0127. The lowest BCUT2D eigenvalue weighted by molar-refractivity contribution is -0.122. The fourth-order valence-electron chi connectivity index (χ4n) is 5.56. The van der Waals surface area contributed by atoms with E-state index in [1.54, 1.807) is 12.1 Å². The third-order valence-electron chi connectivity index (χ3n) is 7.96. The van der Waals surface area contributed by atoms with Crippen LogP contribution in [0.15, 0.2) is 95.8 Å². The molecule has 1 fully saturated rings. The van der Waals surface area contributed by atoms with E-state index in [1.807, 2.05) is 43.3 Å². The van der Waals surface area contributed by atoms with Gasteiger partial charge < -0.3 is 35.2 Å². The van der Waals surface area contributed by atoms with Crippen molar-refractivity contribution in [2.45, 2.75) is 43.8 Å². The van der Waals surface area contributed by atoms with E-state index in [0.29, 0.717) is 41.5 Å². The summed E-state index contributed by atoms with van der Waals surface area (Å²) >= 11 is 0. The zero-order chi connectivity index (χ0) is 34.3. The minimum Gasteiger partial charge on any atom is -0.483 e. The Morgan fingerprint density at radius 3 is 2.20 bits per heavy atom. The van der Waals surface area contributed by atoms with Gasteiger partial charge in [-0.1, -0.05) is 72.7 Å². The lowest BCUT2D eigenvalue weighted by atomic mass is 9.91. The lowest BCUT2D eigenvalue weighted by Crippen LogP contribution is -2.29. The van der Waals surface area contributed by atoms with Gasteiger partial charge in [-0.3, -0.25) is 9.36 Å². The van der Waals surface area contributed by atoms with E-state index in [2.05, 4.69) is 50.0 Å². The van der Waals surface area contributed by atoms with Crippen LogP contribution in [0.4, 0.5) is 21.8 Å². The molecule has 1 aliphatic rings. The molecule has 252 valence electrons. The summed E-state index contributed by atoms with van der Waals surface area (Å²) in [5, 5.41) is 39.4. The number of anilines is 3. The third kappa shape index (κ3) is 7.23. The van der Waals surface area contributed by atoms with Crippen molar-refractivity contribution < 1.29 is 33.8 Å². The molecule has 5 N–H and O–H groups in total. The summed E-state index contributed by atoms with van der Waals surface area (Å²) in [6, 6.07) is 26.1. The summed E-state index contributed by atoms with van der Waals surface area (Å²) in [6.07, 6.45) is -2.83. The fourth-order valence-corrected chi connectivity index (χ4v) is 5.56. The third-order valence-corrected chi connectivity index (χ3v) is 7.96. The predicted molar refractivity (Wildman–Crippen MR) is 175 cm³/mol. The molecule has 0 bridgehead atoms. The highest BCUT2D eigenvalue weighted by Crippen LogP contribution is 2.40. The average Bonchev–Trinajstić information content (AvgIpc) is 3.85. The number of carboxylic acid groups (broad SMARTS) is 1. The van der Waals surface area contributed by atoms with E-state index in [4.69, 9.17) is 29.1 Å². The van der Waals surface area contributed by atoms with Crippen LogP contribution >= 0.6 is 0 Å². The van der Waals surface area contributed by atoms with Gasteiger partial charge >= 0.3 is 0 Å². The molecule has 0 radical (unpaired) electrons. The normalized spacial score (nSPS) is 18.6. The number of ether oxygens (including phenoxy) is 1. The van der Waals surface area contributed by atoms with Crippen molar-refractivity contribution in [1.82, 2.24) is 29.7 Å². The number of rotatable bonds is 10. The second kappa shape index (κ2) is 15.0. The first-order valence-electron chi connectivity index (χ1n) is 15.4. The van der Waals surface area contributed by atoms with Gasteiger partial charge in [0, 0.05) is 24.6 Å². The van der Waals surface area contributed by atoms with Crippen molar-refractivity contribution in [3.05, 3.63) is 120 Å². The standard InChI is InChI=1S/C33H31FN8O4.CH2O2/c1-2-24-38-31(46-41-24)28-26(43)27(44)32(45-28)42-18-36-25-29(39-33(40-30(25)42)37-22-15-13-21(34)14-16-22)35-17-23(19-9-5-3-6-10-19)20-11-7-4-8-12-20;2-1-3/h3-16,18,23,26-28,32,43-44H,2,17H2,1H3,(H2,35,37,39,40);1H,(H,2,3)/t26-,27+,28-,32+;/m0./s1. The van der Waals surface area contributed by atoms with Crippen LogP contribution in [0.25, 0.3) is 11.2 Å². The quantitative estimate of drug-likeness (QED) is 0.127. The Hall–Kier alpha value is -5.77. The van der Waals surface area contributed by atoms with Gasteiger partial charge in [-0.25, -0.2) is 9.37 Å². The molecule has 0 amide bonds. The lowest BCUT2D eigenvalue weighted by Gasteiger charge is -2.20. The van der Waals surface area contributed by atoms with Crippen molar-refractivity contribution >= 4 is 35.1 Å². The molecule has 15 heteroatoms. The number of imidazole rings is 1. The number of hydrogen-bond acceptors (Lipinski definition) is 12. The number of nitrogens with one attached hydrogen (secondary N) is 2. The zero-order valence-electron chi connectivity index (χ0n) is 26.2. The summed E-state index contributed by atoms with van der Waals surface area (Å²) in [5.74, 6) is 0.775. The summed E-state index contributed by atoms with van der Waals surface area (Å²) in [6.45, 7) is 2.10. The predicted octanol–water partition coefficient (Wildman–Crippen LogP) is 4.59. The SMILES string of the molecule is CCc1noc([C@H]2O[C@@H](n3cnc4c(NCC(c5ccccc5)c5ccccc5)nc(Nc5ccc(F)cc5)nc43)[C@H](O)[C@@H]2O)n1.O=CO. The van der Waals surface area contributed by atoms with Gasteiger partial charge in [0.15, 0.2) is 35.1 Å². The molecule has 6 aromatic rings. The molecule has 1 saturated heterocycles. The molecule has 0 saturated carbocycles. The molecular formula is C34H33FN8O6. The van der Waals surface area contributed by atoms with Gasteiger partial charge in [0.25, 0.3) is 12.4 Å².